The van der Waals surface area contributed by atoms with E-state index in [1.165, 1.54) is 4.88 Å². The van der Waals surface area contributed by atoms with Crippen LogP contribution < -0.4 is 5.56 Å². The van der Waals surface area contributed by atoms with Crippen LogP contribution in [-0.2, 0) is 17.8 Å². The van der Waals surface area contributed by atoms with E-state index in [-0.39, 0.29) is 17.4 Å². The molecule has 2 aliphatic heterocycles. The third kappa shape index (κ3) is 3.40. The molecule has 2 aromatic rings. The van der Waals surface area contributed by atoms with Crippen molar-refractivity contribution in [1.29, 1.82) is 0 Å². The minimum Gasteiger partial charge on any atom is -0.338 e. The quantitative estimate of drug-likeness (QED) is 0.775. The van der Waals surface area contributed by atoms with Gasteiger partial charge >= 0.3 is 0 Å². The molecule has 1 fully saturated rings. The molecule has 1 saturated heterocycles. The number of rotatable bonds is 4. The van der Waals surface area contributed by atoms with Crippen LogP contribution in [0.25, 0.3) is 6.08 Å². The molecule has 0 N–H and O–H groups in total. The molecule has 0 spiro atoms. The lowest BCUT2D eigenvalue weighted by Crippen LogP contribution is -2.48. The number of hydrogen-bond acceptors (Lipinski definition) is 3. The van der Waals surface area contributed by atoms with Gasteiger partial charge in [-0.3, -0.25) is 9.59 Å². The molecule has 0 aromatic carbocycles. The molecule has 4 heterocycles. The zero-order valence-electron chi connectivity index (χ0n) is 15.1. The van der Waals surface area contributed by atoms with Crippen molar-refractivity contribution in [2.24, 2.45) is 5.92 Å². The van der Waals surface area contributed by atoms with Crippen molar-refractivity contribution in [3.63, 3.8) is 0 Å². The highest BCUT2D eigenvalue weighted by atomic mass is 32.1. The van der Waals surface area contributed by atoms with Crippen molar-refractivity contribution in [1.82, 2.24) is 9.47 Å². The van der Waals surface area contributed by atoms with Gasteiger partial charge in [0.1, 0.15) is 0 Å². The van der Waals surface area contributed by atoms with E-state index < -0.39 is 0 Å². The van der Waals surface area contributed by atoms with Crippen molar-refractivity contribution in [2.75, 3.05) is 13.1 Å². The Bertz CT molecular complexity index is 895. The number of carbonyl (C=O) groups is 1. The number of piperidine rings is 1. The van der Waals surface area contributed by atoms with Gasteiger partial charge in [0, 0.05) is 53.1 Å². The van der Waals surface area contributed by atoms with Crippen molar-refractivity contribution >= 4 is 23.3 Å². The number of aryl methyl sites for hydroxylation is 1. The van der Waals surface area contributed by atoms with Gasteiger partial charge in [-0.15, -0.1) is 11.3 Å². The Kier molecular flexibility index (Phi) is 4.81. The minimum atomic E-state index is 0.0804. The molecule has 4 rings (SSSR count). The van der Waals surface area contributed by atoms with Gasteiger partial charge in [0.05, 0.1) is 0 Å². The van der Waals surface area contributed by atoms with Crippen LogP contribution in [0.4, 0.5) is 0 Å². The summed E-state index contributed by atoms with van der Waals surface area (Å²) in [7, 11) is 0. The monoisotopic (exact) mass is 368 g/mol. The predicted molar refractivity (Wildman–Crippen MR) is 105 cm³/mol. The molecule has 2 unspecified atom stereocenters. The highest BCUT2D eigenvalue weighted by Gasteiger charge is 2.35. The molecular formula is C21H24N2O2S. The predicted octanol–water partition coefficient (Wildman–Crippen LogP) is 3.52. The summed E-state index contributed by atoms with van der Waals surface area (Å²) in [6, 6.07) is 9.74. The van der Waals surface area contributed by atoms with Gasteiger partial charge in [-0.05, 0) is 43.0 Å². The number of nitrogens with zero attached hydrogens (tertiary/aromatic N) is 2. The molecule has 4 nitrogen and oxygen atoms in total. The number of aromatic nitrogens is 1. The second kappa shape index (κ2) is 7.23. The Morgan fingerprint density at radius 3 is 2.96 bits per heavy atom. The SMILES string of the molecule is CCCc1ccc(C=CC(=O)N2CC3CC(C2)c2cccc(=O)n2C3)s1. The fraction of sp³-hybridized carbons (Fsp3) is 0.429. The number of thiophene rings is 1. The molecule has 26 heavy (non-hydrogen) atoms. The first-order chi connectivity index (χ1) is 12.6. The molecule has 2 aliphatic rings. The van der Waals surface area contributed by atoms with Crippen LogP contribution in [0.1, 0.15) is 41.1 Å². The van der Waals surface area contributed by atoms with Crippen LogP contribution in [0.2, 0.25) is 0 Å². The first-order valence-electron chi connectivity index (χ1n) is 9.39. The van der Waals surface area contributed by atoms with E-state index in [0.717, 1.165) is 42.9 Å². The minimum absolute atomic E-state index is 0.0804. The number of hydrogen-bond donors (Lipinski definition) is 0. The van der Waals surface area contributed by atoms with E-state index in [9.17, 15) is 9.59 Å². The van der Waals surface area contributed by atoms with E-state index in [1.54, 1.807) is 23.5 Å². The molecular weight excluding hydrogens is 344 g/mol. The lowest BCUT2D eigenvalue weighted by molar-refractivity contribution is -0.128. The van der Waals surface area contributed by atoms with Crippen LogP contribution in [-0.4, -0.2) is 28.5 Å². The van der Waals surface area contributed by atoms with Crippen molar-refractivity contribution in [2.45, 2.75) is 38.6 Å². The van der Waals surface area contributed by atoms with Crippen LogP contribution in [0.15, 0.2) is 41.2 Å². The molecule has 0 radical (unpaired) electrons. The Labute approximate surface area is 157 Å². The zero-order chi connectivity index (χ0) is 18.1. The zero-order valence-corrected chi connectivity index (χ0v) is 15.9. The fourth-order valence-electron chi connectivity index (χ4n) is 4.20. The maximum atomic E-state index is 12.7. The van der Waals surface area contributed by atoms with Crippen LogP contribution in [0.5, 0.6) is 0 Å². The lowest BCUT2D eigenvalue weighted by atomic mass is 9.83. The molecule has 0 saturated carbocycles. The van der Waals surface area contributed by atoms with Gasteiger partial charge in [0.25, 0.3) is 5.56 Å². The van der Waals surface area contributed by atoms with Gasteiger partial charge in [-0.2, -0.15) is 0 Å². The van der Waals surface area contributed by atoms with Crippen molar-refractivity contribution in [3.05, 3.63) is 62.2 Å². The Morgan fingerprint density at radius 2 is 2.12 bits per heavy atom. The maximum Gasteiger partial charge on any atom is 0.250 e. The van der Waals surface area contributed by atoms with Crippen LogP contribution in [0, 0.1) is 5.92 Å². The largest absolute Gasteiger partial charge is 0.338 e. The van der Waals surface area contributed by atoms with E-state index in [0.29, 0.717) is 12.5 Å². The Hall–Kier alpha value is -2.14. The van der Waals surface area contributed by atoms with Gasteiger partial charge < -0.3 is 9.47 Å². The number of likely N-dealkylation sites (tertiary alicyclic amines) is 1. The van der Waals surface area contributed by atoms with Gasteiger partial charge in [0.2, 0.25) is 5.91 Å². The Morgan fingerprint density at radius 1 is 1.23 bits per heavy atom. The van der Waals surface area contributed by atoms with Gasteiger partial charge in [-0.1, -0.05) is 19.4 Å². The highest BCUT2D eigenvalue weighted by molar-refractivity contribution is 7.12. The topological polar surface area (TPSA) is 42.3 Å². The number of amides is 1. The average molecular weight is 369 g/mol. The summed E-state index contributed by atoms with van der Waals surface area (Å²) in [4.78, 5) is 29.2. The van der Waals surface area contributed by atoms with Crippen LogP contribution >= 0.6 is 11.3 Å². The number of fused-ring (bicyclic) bond motifs is 4. The summed E-state index contributed by atoms with van der Waals surface area (Å²) >= 11 is 1.76. The first kappa shape index (κ1) is 17.3. The lowest BCUT2D eigenvalue weighted by Gasteiger charge is -2.42. The third-order valence-corrected chi connectivity index (χ3v) is 6.47. The first-order valence-corrected chi connectivity index (χ1v) is 10.2. The van der Waals surface area contributed by atoms with Crippen molar-refractivity contribution < 1.29 is 4.79 Å². The van der Waals surface area contributed by atoms with Gasteiger partial charge in [0.15, 0.2) is 0 Å². The molecule has 5 heteroatoms. The van der Waals surface area contributed by atoms with Crippen molar-refractivity contribution in [3.8, 4) is 0 Å². The molecule has 2 aromatic heterocycles. The fourth-order valence-corrected chi connectivity index (χ4v) is 5.22. The summed E-state index contributed by atoms with van der Waals surface area (Å²) < 4.78 is 1.90. The number of pyridine rings is 1. The highest BCUT2D eigenvalue weighted by Crippen LogP contribution is 2.35. The van der Waals surface area contributed by atoms with E-state index in [1.807, 2.05) is 27.7 Å². The van der Waals surface area contributed by atoms with E-state index in [4.69, 9.17) is 0 Å². The van der Waals surface area contributed by atoms with Crippen LogP contribution in [0.3, 0.4) is 0 Å². The molecule has 136 valence electrons. The summed E-state index contributed by atoms with van der Waals surface area (Å²) in [5.74, 6) is 0.722. The van der Waals surface area contributed by atoms with Gasteiger partial charge in [-0.25, -0.2) is 0 Å². The second-order valence-electron chi connectivity index (χ2n) is 7.33. The molecule has 0 aliphatic carbocycles. The normalized spacial score (nSPS) is 21.8. The summed E-state index contributed by atoms with van der Waals surface area (Å²) in [5.41, 5.74) is 1.16. The molecule has 2 atom stereocenters. The summed E-state index contributed by atoms with van der Waals surface area (Å²) in [6.45, 7) is 4.35. The standard InChI is InChI=1S/C21H24N2O2S/c1-2-4-17-7-8-18(26-17)9-10-20(24)22-12-15-11-16(14-22)19-5-3-6-21(25)23(19)13-15/h3,5-10,15-16H,2,4,11-14H2,1H3. The Balaban J connectivity index is 1.47. The van der Waals surface area contributed by atoms with E-state index >= 15 is 0 Å². The average Bonchev–Trinajstić information content (AvgIpc) is 3.08. The van der Waals surface area contributed by atoms with E-state index in [2.05, 4.69) is 19.1 Å². The number of carbonyl (C=O) groups excluding carboxylic acids is 1. The summed E-state index contributed by atoms with van der Waals surface area (Å²) in [6.07, 6.45) is 6.96. The molecule has 2 bridgehead atoms. The maximum absolute atomic E-state index is 12.7. The smallest absolute Gasteiger partial charge is 0.250 e. The third-order valence-electron chi connectivity index (χ3n) is 5.36. The summed E-state index contributed by atoms with van der Waals surface area (Å²) in [5, 5.41) is 0. The second-order valence-corrected chi connectivity index (χ2v) is 8.53. The molecule has 1 amide bonds.